The van der Waals surface area contributed by atoms with Gasteiger partial charge in [-0.2, -0.15) is 0 Å². The summed E-state index contributed by atoms with van der Waals surface area (Å²) in [5.41, 5.74) is 3.31. The standard InChI is InChI=1S/C17H18O3/c1-11(2)15-10-13(7-8-16(15)18)12-5-4-6-14(9-12)17(19)20-3/h4-11,18H,1-3H3. The van der Waals surface area contributed by atoms with E-state index in [1.54, 1.807) is 18.2 Å². The highest BCUT2D eigenvalue weighted by molar-refractivity contribution is 5.91. The Balaban J connectivity index is 2.46. The van der Waals surface area contributed by atoms with Crippen LogP contribution in [0.4, 0.5) is 0 Å². The van der Waals surface area contributed by atoms with E-state index >= 15 is 0 Å². The lowest BCUT2D eigenvalue weighted by molar-refractivity contribution is 0.0601. The number of phenols is 1. The van der Waals surface area contributed by atoms with Crippen LogP contribution >= 0.6 is 0 Å². The maximum atomic E-state index is 11.6. The number of hydrogen-bond acceptors (Lipinski definition) is 3. The van der Waals surface area contributed by atoms with Crippen molar-refractivity contribution in [1.29, 1.82) is 0 Å². The third-order valence-corrected chi connectivity index (χ3v) is 3.27. The molecule has 0 bridgehead atoms. The predicted octanol–water partition coefficient (Wildman–Crippen LogP) is 3.97. The maximum absolute atomic E-state index is 11.6. The first-order chi connectivity index (χ1) is 9.52. The van der Waals surface area contributed by atoms with Gasteiger partial charge in [0, 0.05) is 0 Å². The van der Waals surface area contributed by atoms with Crippen molar-refractivity contribution in [1.82, 2.24) is 0 Å². The van der Waals surface area contributed by atoms with Crippen LogP contribution < -0.4 is 0 Å². The van der Waals surface area contributed by atoms with E-state index in [1.807, 2.05) is 38.1 Å². The molecule has 0 aliphatic heterocycles. The van der Waals surface area contributed by atoms with Crippen molar-refractivity contribution in [2.24, 2.45) is 0 Å². The van der Waals surface area contributed by atoms with E-state index in [2.05, 4.69) is 0 Å². The van der Waals surface area contributed by atoms with Gasteiger partial charge in [-0.1, -0.05) is 32.0 Å². The molecule has 2 rings (SSSR count). The van der Waals surface area contributed by atoms with Crippen LogP contribution in [0.15, 0.2) is 42.5 Å². The molecule has 0 fully saturated rings. The molecule has 20 heavy (non-hydrogen) atoms. The first-order valence-corrected chi connectivity index (χ1v) is 6.54. The SMILES string of the molecule is COC(=O)c1cccc(-c2ccc(O)c(C(C)C)c2)c1. The number of phenolic OH excluding ortho intramolecular Hbond substituents is 1. The summed E-state index contributed by atoms with van der Waals surface area (Å²) >= 11 is 0. The zero-order valence-corrected chi connectivity index (χ0v) is 11.9. The molecule has 0 amide bonds. The first-order valence-electron chi connectivity index (χ1n) is 6.54. The summed E-state index contributed by atoms with van der Waals surface area (Å²) in [6.45, 7) is 4.06. The molecule has 0 unspecified atom stereocenters. The molecule has 0 aliphatic carbocycles. The number of methoxy groups -OCH3 is 1. The number of aromatic hydroxyl groups is 1. The molecule has 1 N–H and O–H groups in total. The molecule has 0 atom stereocenters. The van der Waals surface area contributed by atoms with Gasteiger partial charge in [-0.15, -0.1) is 0 Å². The number of carbonyl (C=O) groups excluding carboxylic acids is 1. The Kier molecular flexibility index (Phi) is 4.08. The van der Waals surface area contributed by atoms with Crippen LogP contribution in [0.5, 0.6) is 5.75 Å². The zero-order valence-electron chi connectivity index (χ0n) is 11.9. The van der Waals surface area contributed by atoms with E-state index < -0.39 is 0 Å². The lowest BCUT2D eigenvalue weighted by Crippen LogP contribution is -2.00. The van der Waals surface area contributed by atoms with Crippen molar-refractivity contribution in [3.05, 3.63) is 53.6 Å². The number of hydrogen-bond donors (Lipinski definition) is 1. The number of benzene rings is 2. The summed E-state index contributed by atoms with van der Waals surface area (Å²) in [4.78, 5) is 11.6. The summed E-state index contributed by atoms with van der Waals surface area (Å²) in [7, 11) is 1.37. The van der Waals surface area contributed by atoms with Crippen LogP contribution in [0.2, 0.25) is 0 Å². The molecule has 0 radical (unpaired) electrons. The second kappa shape index (κ2) is 5.78. The molecular weight excluding hydrogens is 252 g/mol. The number of ether oxygens (including phenoxy) is 1. The Labute approximate surface area is 118 Å². The largest absolute Gasteiger partial charge is 0.508 e. The Morgan fingerprint density at radius 3 is 2.45 bits per heavy atom. The van der Waals surface area contributed by atoms with E-state index in [0.717, 1.165) is 16.7 Å². The number of carbonyl (C=O) groups is 1. The van der Waals surface area contributed by atoms with Crippen LogP contribution in [-0.4, -0.2) is 18.2 Å². The van der Waals surface area contributed by atoms with Gasteiger partial charge in [0.2, 0.25) is 0 Å². The summed E-state index contributed by atoms with van der Waals surface area (Å²) in [6.07, 6.45) is 0. The molecule has 0 aliphatic rings. The summed E-state index contributed by atoms with van der Waals surface area (Å²) in [5, 5.41) is 9.86. The molecule has 2 aromatic carbocycles. The van der Waals surface area contributed by atoms with Gasteiger partial charge in [0.1, 0.15) is 5.75 Å². The highest BCUT2D eigenvalue weighted by Crippen LogP contribution is 2.31. The van der Waals surface area contributed by atoms with Crippen LogP contribution in [0.1, 0.15) is 35.7 Å². The van der Waals surface area contributed by atoms with Crippen molar-refractivity contribution in [2.75, 3.05) is 7.11 Å². The minimum Gasteiger partial charge on any atom is -0.508 e. The minimum absolute atomic E-state index is 0.235. The molecule has 0 spiro atoms. The molecule has 104 valence electrons. The molecule has 0 saturated heterocycles. The maximum Gasteiger partial charge on any atom is 0.337 e. The van der Waals surface area contributed by atoms with Crippen LogP contribution in [0.25, 0.3) is 11.1 Å². The topological polar surface area (TPSA) is 46.5 Å². The Bertz CT molecular complexity index is 630. The predicted molar refractivity (Wildman–Crippen MR) is 79.0 cm³/mol. The van der Waals surface area contributed by atoms with Gasteiger partial charge in [0.15, 0.2) is 0 Å². The van der Waals surface area contributed by atoms with Gasteiger partial charge >= 0.3 is 5.97 Å². The fourth-order valence-electron chi connectivity index (χ4n) is 2.14. The van der Waals surface area contributed by atoms with E-state index in [1.165, 1.54) is 7.11 Å². The average Bonchev–Trinajstić information content (AvgIpc) is 2.46. The van der Waals surface area contributed by atoms with Gasteiger partial charge in [0.25, 0.3) is 0 Å². The Hall–Kier alpha value is -2.29. The van der Waals surface area contributed by atoms with E-state index in [-0.39, 0.29) is 11.9 Å². The quantitative estimate of drug-likeness (QED) is 0.858. The highest BCUT2D eigenvalue weighted by Gasteiger charge is 2.10. The van der Waals surface area contributed by atoms with Gasteiger partial charge in [0.05, 0.1) is 12.7 Å². The van der Waals surface area contributed by atoms with E-state index in [9.17, 15) is 9.90 Å². The van der Waals surface area contributed by atoms with Crippen molar-refractivity contribution >= 4 is 5.97 Å². The molecule has 3 nitrogen and oxygen atoms in total. The van der Waals surface area contributed by atoms with Crippen molar-refractivity contribution < 1.29 is 14.6 Å². The molecule has 3 heteroatoms. The van der Waals surface area contributed by atoms with Gasteiger partial charge in [-0.3, -0.25) is 0 Å². The van der Waals surface area contributed by atoms with Gasteiger partial charge < -0.3 is 9.84 Å². The first kappa shape index (κ1) is 14.1. The Morgan fingerprint density at radius 1 is 1.10 bits per heavy atom. The third-order valence-electron chi connectivity index (χ3n) is 3.27. The average molecular weight is 270 g/mol. The van der Waals surface area contributed by atoms with Gasteiger partial charge in [-0.05, 0) is 46.9 Å². The number of rotatable bonds is 3. The fraction of sp³-hybridized carbons (Fsp3) is 0.235. The van der Waals surface area contributed by atoms with Gasteiger partial charge in [-0.25, -0.2) is 4.79 Å². The van der Waals surface area contributed by atoms with E-state index in [4.69, 9.17) is 4.74 Å². The second-order valence-electron chi connectivity index (χ2n) is 5.00. The van der Waals surface area contributed by atoms with Crippen LogP contribution in [0.3, 0.4) is 0 Å². The monoisotopic (exact) mass is 270 g/mol. The fourth-order valence-corrected chi connectivity index (χ4v) is 2.14. The molecular formula is C17H18O3. The summed E-state index contributed by atoms with van der Waals surface area (Å²) in [6, 6.07) is 12.8. The summed E-state index contributed by atoms with van der Waals surface area (Å²) in [5.74, 6) is 0.182. The molecule has 2 aromatic rings. The van der Waals surface area contributed by atoms with Crippen molar-refractivity contribution in [3.8, 4) is 16.9 Å². The smallest absolute Gasteiger partial charge is 0.337 e. The summed E-state index contributed by atoms with van der Waals surface area (Å²) < 4.78 is 4.73. The normalized spacial score (nSPS) is 10.6. The van der Waals surface area contributed by atoms with Crippen molar-refractivity contribution in [2.45, 2.75) is 19.8 Å². The lowest BCUT2D eigenvalue weighted by atomic mass is 9.96. The minimum atomic E-state index is -0.352. The van der Waals surface area contributed by atoms with Crippen LogP contribution in [0, 0.1) is 0 Å². The van der Waals surface area contributed by atoms with Crippen molar-refractivity contribution in [3.63, 3.8) is 0 Å². The molecule has 0 heterocycles. The zero-order chi connectivity index (χ0) is 14.7. The lowest BCUT2D eigenvalue weighted by Gasteiger charge is -2.11. The Morgan fingerprint density at radius 2 is 1.80 bits per heavy atom. The molecule has 0 saturated carbocycles. The van der Waals surface area contributed by atoms with E-state index in [0.29, 0.717) is 11.3 Å². The second-order valence-corrected chi connectivity index (χ2v) is 5.00. The highest BCUT2D eigenvalue weighted by atomic mass is 16.5. The number of esters is 1. The molecule has 0 aromatic heterocycles. The third kappa shape index (κ3) is 2.82. The van der Waals surface area contributed by atoms with Crippen LogP contribution in [-0.2, 0) is 4.74 Å².